The maximum Gasteiger partial charge on any atom is 0.243 e. The van der Waals surface area contributed by atoms with Gasteiger partial charge in [0.15, 0.2) is 0 Å². The molecule has 1 aromatic carbocycles. The maximum atomic E-state index is 12.4. The van der Waals surface area contributed by atoms with Crippen molar-refractivity contribution >= 4 is 23.4 Å². The fourth-order valence-corrected chi connectivity index (χ4v) is 2.49. The van der Waals surface area contributed by atoms with Crippen molar-refractivity contribution in [2.75, 3.05) is 11.9 Å². The van der Waals surface area contributed by atoms with Crippen LogP contribution in [0.15, 0.2) is 36.9 Å². The number of allylic oxidation sites excluding steroid dienone is 1. The molecule has 0 aliphatic heterocycles. The third kappa shape index (κ3) is 11.1. The van der Waals surface area contributed by atoms with Crippen LogP contribution in [0, 0.1) is 5.92 Å². The van der Waals surface area contributed by atoms with E-state index in [4.69, 9.17) is 0 Å². The summed E-state index contributed by atoms with van der Waals surface area (Å²) in [6.45, 7) is 13.2. The lowest BCUT2D eigenvalue weighted by Crippen LogP contribution is -2.51. The molecule has 1 aromatic rings. The van der Waals surface area contributed by atoms with Crippen LogP contribution >= 0.6 is 0 Å². The van der Waals surface area contributed by atoms with Gasteiger partial charge in [-0.1, -0.05) is 52.8 Å². The predicted octanol–water partition coefficient (Wildman–Crippen LogP) is 3.83. The van der Waals surface area contributed by atoms with E-state index in [0.717, 1.165) is 12.8 Å². The number of hydrogen-bond donors (Lipinski definition) is 3. The van der Waals surface area contributed by atoms with E-state index in [0.29, 0.717) is 18.5 Å². The number of anilines is 1. The van der Waals surface area contributed by atoms with Crippen LogP contribution in [0.2, 0.25) is 0 Å². The van der Waals surface area contributed by atoms with Crippen molar-refractivity contribution in [3.8, 4) is 0 Å². The summed E-state index contributed by atoms with van der Waals surface area (Å²) in [6.07, 6.45) is 4.48. The van der Waals surface area contributed by atoms with Gasteiger partial charge in [-0.25, -0.2) is 0 Å². The number of benzene rings is 1. The van der Waals surface area contributed by atoms with Crippen molar-refractivity contribution in [1.29, 1.82) is 0 Å². The average Bonchev–Trinajstić information content (AvgIpc) is 2.72. The van der Waals surface area contributed by atoms with Crippen LogP contribution in [0.5, 0.6) is 0 Å². The molecule has 1 rings (SSSR count). The zero-order valence-electron chi connectivity index (χ0n) is 18.5. The second-order valence-corrected chi connectivity index (χ2v) is 6.79. The molecule has 3 amide bonds. The van der Waals surface area contributed by atoms with E-state index in [2.05, 4.69) is 29.5 Å². The summed E-state index contributed by atoms with van der Waals surface area (Å²) in [5.41, 5.74) is 1.87. The number of nitrogens with one attached hydrogen (secondary N) is 3. The van der Waals surface area contributed by atoms with Crippen molar-refractivity contribution in [3.05, 3.63) is 42.5 Å². The van der Waals surface area contributed by atoms with Crippen molar-refractivity contribution in [1.82, 2.24) is 10.6 Å². The SMILES string of the molecule is C=CCCCC(=O)NC(C(=O)NCC(=O)Nc1ccc(CC)cc1)C(C)C.CC. The van der Waals surface area contributed by atoms with Crippen LogP contribution in [0.3, 0.4) is 0 Å². The van der Waals surface area contributed by atoms with Gasteiger partial charge in [-0.2, -0.15) is 0 Å². The Morgan fingerprint density at radius 1 is 1.07 bits per heavy atom. The second-order valence-electron chi connectivity index (χ2n) is 6.79. The maximum absolute atomic E-state index is 12.4. The molecular formula is C23H37N3O3. The number of rotatable bonds is 11. The van der Waals surface area contributed by atoms with E-state index in [-0.39, 0.29) is 30.2 Å². The number of hydrogen-bond acceptors (Lipinski definition) is 3. The molecule has 0 fully saturated rings. The third-order valence-electron chi connectivity index (χ3n) is 4.15. The summed E-state index contributed by atoms with van der Waals surface area (Å²) in [4.78, 5) is 36.4. The standard InChI is InChI=1S/C21H31N3O3.C2H6/c1-5-7-8-9-18(25)24-20(15(3)4)21(27)22-14-19(26)23-17-12-10-16(6-2)11-13-17;1-2/h5,10-13,15,20H,1,6-9,14H2,2-4H3,(H,22,27)(H,23,26)(H,24,25);1-2H3. The molecular weight excluding hydrogens is 366 g/mol. The largest absolute Gasteiger partial charge is 0.345 e. The Hall–Kier alpha value is -2.63. The molecule has 0 saturated heterocycles. The van der Waals surface area contributed by atoms with Gasteiger partial charge in [0.1, 0.15) is 6.04 Å². The van der Waals surface area contributed by atoms with Gasteiger partial charge in [0.05, 0.1) is 6.54 Å². The van der Waals surface area contributed by atoms with E-state index in [1.165, 1.54) is 5.56 Å². The Morgan fingerprint density at radius 3 is 2.21 bits per heavy atom. The van der Waals surface area contributed by atoms with Gasteiger partial charge < -0.3 is 16.0 Å². The van der Waals surface area contributed by atoms with Crippen LogP contribution < -0.4 is 16.0 Å². The van der Waals surface area contributed by atoms with E-state index >= 15 is 0 Å². The molecule has 1 unspecified atom stereocenters. The molecule has 0 aliphatic rings. The van der Waals surface area contributed by atoms with Crippen molar-refractivity contribution in [3.63, 3.8) is 0 Å². The zero-order valence-corrected chi connectivity index (χ0v) is 18.5. The monoisotopic (exact) mass is 403 g/mol. The summed E-state index contributed by atoms with van der Waals surface area (Å²) < 4.78 is 0. The molecule has 6 nitrogen and oxygen atoms in total. The highest BCUT2D eigenvalue weighted by Crippen LogP contribution is 2.09. The first-order valence-corrected chi connectivity index (χ1v) is 10.4. The summed E-state index contributed by atoms with van der Waals surface area (Å²) in [5.74, 6) is -0.935. The molecule has 0 aromatic heterocycles. The molecule has 29 heavy (non-hydrogen) atoms. The average molecular weight is 404 g/mol. The highest BCUT2D eigenvalue weighted by atomic mass is 16.2. The summed E-state index contributed by atoms with van der Waals surface area (Å²) in [6, 6.07) is 6.89. The first kappa shape index (κ1) is 26.4. The highest BCUT2D eigenvalue weighted by Gasteiger charge is 2.24. The summed E-state index contributed by atoms with van der Waals surface area (Å²) >= 11 is 0. The fourth-order valence-electron chi connectivity index (χ4n) is 2.49. The predicted molar refractivity (Wildman–Crippen MR) is 120 cm³/mol. The highest BCUT2D eigenvalue weighted by molar-refractivity contribution is 5.96. The van der Waals surface area contributed by atoms with Crippen LogP contribution in [0.1, 0.15) is 59.4 Å². The van der Waals surface area contributed by atoms with Crippen LogP contribution in [0.25, 0.3) is 0 Å². The number of carbonyl (C=O) groups is 3. The van der Waals surface area contributed by atoms with Crippen molar-refractivity contribution in [2.24, 2.45) is 5.92 Å². The van der Waals surface area contributed by atoms with Crippen molar-refractivity contribution in [2.45, 2.75) is 66.3 Å². The Labute approximate surface area is 175 Å². The lowest BCUT2D eigenvalue weighted by molar-refractivity contribution is -0.130. The van der Waals surface area contributed by atoms with E-state index in [1.54, 1.807) is 6.08 Å². The Bertz CT molecular complexity index is 639. The molecule has 1 atom stereocenters. The molecule has 162 valence electrons. The summed E-state index contributed by atoms with van der Waals surface area (Å²) in [5, 5.41) is 8.08. The minimum atomic E-state index is -0.669. The number of carbonyl (C=O) groups excluding carboxylic acids is 3. The lowest BCUT2D eigenvalue weighted by atomic mass is 10.0. The van der Waals surface area contributed by atoms with Crippen molar-refractivity contribution < 1.29 is 14.4 Å². The minimum absolute atomic E-state index is 0.0852. The number of aryl methyl sites for hydroxylation is 1. The van der Waals surface area contributed by atoms with Gasteiger partial charge in [0, 0.05) is 12.1 Å². The van der Waals surface area contributed by atoms with Crippen LogP contribution in [0.4, 0.5) is 5.69 Å². The van der Waals surface area contributed by atoms with Gasteiger partial charge in [-0.05, 0) is 42.9 Å². The molecule has 6 heteroatoms. The smallest absolute Gasteiger partial charge is 0.243 e. The first-order valence-electron chi connectivity index (χ1n) is 10.4. The molecule has 0 bridgehead atoms. The van der Waals surface area contributed by atoms with E-state index in [1.807, 2.05) is 52.0 Å². The second kappa shape index (κ2) is 15.3. The molecule has 3 N–H and O–H groups in total. The van der Waals surface area contributed by atoms with E-state index < -0.39 is 6.04 Å². The van der Waals surface area contributed by atoms with E-state index in [9.17, 15) is 14.4 Å². The molecule has 0 radical (unpaired) electrons. The molecule has 0 saturated carbocycles. The minimum Gasteiger partial charge on any atom is -0.345 e. The van der Waals surface area contributed by atoms with Crippen LogP contribution in [-0.2, 0) is 20.8 Å². The number of amides is 3. The summed E-state index contributed by atoms with van der Waals surface area (Å²) in [7, 11) is 0. The Kier molecular flexibility index (Phi) is 13.9. The Morgan fingerprint density at radius 2 is 1.69 bits per heavy atom. The zero-order chi connectivity index (χ0) is 22.2. The van der Waals surface area contributed by atoms with Gasteiger partial charge in [-0.3, -0.25) is 14.4 Å². The fraction of sp³-hybridized carbons (Fsp3) is 0.522. The quantitative estimate of drug-likeness (QED) is 0.388. The molecule has 0 spiro atoms. The lowest BCUT2D eigenvalue weighted by Gasteiger charge is -2.21. The Balaban J connectivity index is 0.00000379. The third-order valence-corrected chi connectivity index (χ3v) is 4.15. The topological polar surface area (TPSA) is 87.3 Å². The molecule has 0 aliphatic carbocycles. The first-order chi connectivity index (χ1) is 13.9. The van der Waals surface area contributed by atoms with Gasteiger partial charge in [-0.15, -0.1) is 6.58 Å². The number of unbranched alkanes of at least 4 members (excludes halogenated alkanes) is 1. The molecule has 0 heterocycles. The van der Waals surface area contributed by atoms with Gasteiger partial charge in [0.2, 0.25) is 17.7 Å². The van der Waals surface area contributed by atoms with Crippen LogP contribution in [-0.4, -0.2) is 30.3 Å². The van der Waals surface area contributed by atoms with Gasteiger partial charge in [0.25, 0.3) is 0 Å². The normalized spacial score (nSPS) is 11.0. The van der Waals surface area contributed by atoms with Gasteiger partial charge >= 0.3 is 0 Å².